The highest BCUT2D eigenvalue weighted by Crippen LogP contribution is 2.22. The lowest BCUT2D eigenvalue weighted by molar-refractivity contribution is 0.303. The van der Waals surface area contributed by atoms with Crippen molar-refractivity contribution in [1.29, 1.82) is 5.26 Å². The number of nitriles is 1. The Kier molecular flexibility index (Phi) is 7.44. The minimum atomic E-state index is -3.23. The molecular weight excluding hydrogens is 427 g/mol. The van der Waals surface area contributed by atoms with Crippen molar-refractivity contribution in [3.05, 3.63) is 71.3 Å². The van der Waals surface area contributed by atoms with Crippen LogP contribution in [0, 0.1) is 17.1 Å². The monoisotopic (exact) mass is 454 g/mol. The third-order valence-electron chi connectivity index (χ3n) is 5.53. The standard InChI is InChI=1S/C24H27FN4O2S/c1-17(2)32(30,31)29-12-9-22(10-13-29)28-18(3)23-16-27-11-8-20(23)6-4-19-5-7-24(25)21(14-19)15-26/h4-8,11,14,16-17,22,28H,3,9-10,12-13H2,1-2H3/b6-4+. The highest BCUT2D eigenvalue weighted by molar-refractivity contribution is 7.89. The number of piperidine rings is 1. The van der Waals surface area contributed by atoms with Crippen molar-refractivity contribution in [2.75, 3.05) is 13.1 Å². The molecule has 1 aromatic carbocycles. The molecule has 0 saturated carbocycles. The molecule has 0 bridgehead atoms. The number of benzene rings is 1. The number of hydrogen-bond acceptors (Lipinski definition) is 5. The fourth-order valence-electron chi connectivity index (χ4n) is 3.60. The van der Waals surface area contributed by atoms with Crippen LogP contribution in [0.25, 0.3) is 17.8 Å². The molecule has 32 heavy (non-hydrogen) atoms. The zero-order chi connectivity index (χ0) is 23.3. The van der Waals surface area contributed by atoms with E-state index >= 15 is 0 Å². The first kappa shape index (κ1) is 23.6. The Balaban J connectivity index is 1.68. The van der Waals surface area contributed by atoms with Crippen molar-refractivity contribution in [3.63, 3.8) is 0 Å². The molecular formula is C24H27FN4O2S. The highest BCUT2D eigenvalue weighted by Gasteiger charge is 2.30. The molecule has 0 aliphatic carbocycles. The van der Waals surface area contributed by atoms with Crippen molar-refractivity contribution in [2.24, 2.45) is 0 Å². The average molecular weight is 455 g/mol. The van der Waals surface area contributed by atoms with Gasteiger partial charge in [0, 0.05) is 42.8 Å². The van der Waals surface area contributed by atoms with E-state index in [1.165, 1.54) is 12.1 Å². The van der Waals surface area contributed by atoms with Crippen molar-refractivity contribution in [1.82, 2.24) is 14.6 Å². The Morgan fingerprint density at radius 3 is 2.69 bits per heavy atom. The summed E-state index contributed by atoms with van der Waals surface area (Å²) in [7, 11) is -3.23. The van der Waals surface area contributed by atoms with E-state index in [1.807, 2.05) is 24.3 Å². The lowest BCUT2D eigenvalue weighted by Gasteiger charge is -2.33. The molecule has 6 nitrogen and oxygen atoms in total. The predicted molar refractivity (Wildman–Crippen MR) is 125 cm³/mol. The van der Waals surface area contributed by atoms with Gasteiger partial charge < -0.3 is 5.32 Å². The van der Waals surface area contributed by atoms with Gasteiger partial charge in [-0.3, -0.25) is 4.98 Å². The summed E-state index contributed by atoms with van der Waals surface area (Å²) < 4.78 is 39.8. The van der Waals surface area contributed by atoms with E-state index in [2.05, 4.69) is 16.9 Å². The summed E-state index contributed by atoms with van der Waals surface area (Å²) in [4.78, 5) is 4.20. The summed E-state index contributed by atoms with van der Waals surface area (Å²) >= 11 is 0. The van der Waals surface area contributed by atoms with Crippen LogP contribution in [0.5, 0.6) is 0 Å². The molecule has 1 N–H and O–H groups in total. The van der Waals surface area contributed by atoms with Crippen LogP contribution in [0.3, 0.4) is 0 Å². The van der Waals surface area contributed by atoms with E-state index in [9.17, 15) is 12.8 Å². The van der Waals surface area contributed by atoms with E-state index < -0.39 is 21.1 Å². The summed E-state index contributed by atoms with van der Waals surface area (Å²) in [6.45, 7) is 8.53. The number of pyridine rings is 1. The normalized spacial score (nSPS) is 15.7. The van der Waals surface area contributed by atoms with E-state index in [0.717, 1.165) is 11.1 Å². The first-order chi connectivity index (χ1) is 15.2. The van der Waals surface area contributed by atoms with Gasteiger partial charge >= 0.3 is 0 Å². The topological polar surface area (TPSA) is 86.1 Å². The Morgan fingerprint density at radius 1 is 1.31 bits per heavy atom. The molecule has 0 spiro atoms. The van der Waals surface area contributed by atoms with Crippen molar-refractivity contribution in [3.8, 4) is 6.07 Å². The Hall–Kier alpha value is -3.02. The third kappa shape index (κ3) is 5.42. The summed E-state index contributed by atoms with van der Waals surface area (Å²) in [6, 6.07) is 8.20. The van der Waals surface area contributed by atoms with Gasteiger partial charge in [-0.1, -0.05) is 24.8 Å². The number of hydrogen-bond donors (Lipinski definition) is 1. The van der Waals surface area contributed by atoms with E-state index in [1.54, 1.807) is 36.6 Å². The van der Waals surface area contributed by atoms with Crippen LogP contribution in [0.2, 0.25) is 0 Å². The van der Waals surface area contributed by atoms with Gasteiger partial charge in [-0.15, -0.1) is 0 Å². The predicted octanol–water partition coefficient (Wildman–Crippen LogP) is 4.03. The molecule has 2 heterocycles. The molecule has 2 aromatic rings. The molecule has 0 amide bonds. The maximum absolute atomic E-state index is 13.5. The SMILES string of the molecule is C=C(NC1CCN(S(=O)(=O)C(C)C)CC1)c1cnccc1/C=C/c1ccc(F)c(C#N)c1. The van der Waals surface area contributed by atoms with Crippen molar-refractivity contribution < 1.29 is 12.8 Å². The van der Waals surface area contributed by atoms with Crippen LogP contribution in [0.1, 0.15) is 48.9 Å². The van der Waals surface area contributed by atoms with Crippen LogP contribution in [-0.4, -0.2) is 42.1 Å². The quantitative estimate of drug-likeness (QED) is 0.683. The molecule has 1 aromatic heterocycles. The van der Waals surface area contributed by atoms with E-state index in [0.29, 0.717) is 37.2 Å². The maximum atomic E-state index is 13.5. The lowest BCUT2D eigenvalue weighted by atomic mass is 10.0. The van der Waals surface area contributed by atoms with Gasteiger partial charge in [0.2, 0.25) is 10.0 Å². The summed E-state index contributed by atoms with van der Waals surface area (Å²) in [5.74, 6) is -0.543. The molecule has 0 atom stereocenters. The highest BCUT2D eigenvalue weighted by atomic mass is 32.2. The number of sulfonamides is 1. The van der Waals surface area contributed by atoms with Gasteiger partial charge in [0.15, 0.2) is 0 Å². The van der Waals surface area contributed by atoms with Crippen LogP contribution >= 0.6 is 0 Å². The minimum absolute atomic E-state index is 0.000924. The molecule has 8 heteroatoms. The molecule has 1 fully saturated rings. The van der Waals surface area contributed by atoms with Gasteiger partial charge in [-0.2, -0.15) is 5.26 Å². The smallest absolute Gasteiger partial charge is 0.216 e. The second kappa shape index (κ2) is 10.1. The first-order valence-corrected chi connectivity index (χ1v) is 12.0. The first-order valence-electron chi connectivity index (χ1n) is 10.5. The van der Waals surface area contributed by atoms with Gasteiger partial charge in [0.05, 0.1) is 10.8 Å². The second-order valence-corrected chi connectivity index (χ2v) is 10.5. The van der Waals surface area contributed by atoms with E-state index in [-0.39, 0.29) is 11.6 Å². The third-order valence-corrected chi connectivity index (χ3v) is 7.81. The summed E-state index contributed by atoms with van der Waals surface area (Å²) in [6.07, 6.45) is 8.47. The Morgan fingerprint density at radius 2 is 2.03 bits per heavy atom. The number of nitrogens with zero attached hydrogens (tertiary/aromatic N) is 3. The lowest BCUT2D eigenvalue weighted by Crippen LogP contribution is -2.46. The Labute approximate surface area is 189 Å². The zero-order valence-electron chi connectivity index (χ0n) is 18.3. The molecule has 1 saturated heterocycles. The molecule has 1 aliphatic heterocycles. The molecule has 3 rings (SSSR count). The van der Waals surface area contributed by atoms with Gasteiger partial charge in [0.1, 0.15) is 11.9 Å². The largest absolute Gasteiger partial charge is 0.382 e. The van der Waals surface area contributed by atoms with Gasteiger partial charge in [-0.05, 0) is 56.0 Å². The fraction of sp³-hybridized carbons (Fsp3) is 0.333. The molecule has 1 aliphatic rings. The summed E-state index contributed by atoms with van der Waals surface area (Å²) in [5, 5.41) is 12.0. The number of nitrogens with one attached hydrogen (secondary N) is 1. The Bertz CT molecular complexity index is 1160. The van der Waals surface area contributed by atoms with E-state index in [4.69, 9.17) is 5.26 Å². The van der Waals surface area contributed by atoms with Crippen molar-refractivity contribution >= 4 is 27.9 Å². The second-order valence-electron chi connectivity index (χ2n) is 8.04. The van der Waals surface area contributed by atoms with Gasteiger partial charge in [0.25, 0.3) is 0 Å². The molecule has 0 radical (unpaired) electrons. The number of aromatic nitrogens is 1. The average Bonchev–Trinajstić information content (AvgIpc) is 2.79. The fourth-order valence-corrected chi connectivity index (χ4v) is 4.91. The minimum Gasteiger partial charge on any atom is -0.382 e. The van der Waals surface area contributed by atoms with Gasteiger partial charge in [-0.25, -0.2) is 17.1 Å². The van der Waals surface area contributed by atoms with Crippen LogP contribution in [-0.2, 0) is 10.0 Å². The van der Waals surface area contributed by atoms with Crippen LogP contribution < -0.4 is 5.32 Å². The number of halogens is 1. The molecule has 168 valence electrons. The van der Waals surface area contributed by atoms with Crippen molar-refractivity contribution in [2.45, 2.75) is 38.0 Å². The number of rotatable bonds is 7. The zero-order valence-corrected chi connectivity index (χ0v) is 19.1. The van der Waals surface area contributed by atoms with Crippen LogP contribution in [0.4, 0.5) is 4.39 Å². The maximum Gasteiger partial charge on any atom is 0.216 e. The summed E-state index contributed by atoms with van der Waals surface area (Å²) in [5.41, 5.74) is 3.12. The molecule has 0 unspecified atom stereocenters. The van der Waals surface area contributed by atoms with Crippen LogP contribution in [0.15, 0.2) is 43.2 Å².